The summed E-state index contributed by atoms with van der Waals surface area (Å²) in [6, 6.07) is 6.24. The van der Waals surface area contributed by atoms with Crippen molar-refractivity contribution in [1.29, 1.82) is 0 Å². The highest BCUT2D eigenvalue weighted by Crippen LogP contribution is 2.16. The summed E-state index contributed by atoms with van der Waals surface area (Å²) in [5, 5.41) is 4.65. The Bertz CT molecular complexity index is 545. The van der Waals surface area contributed by atoms with Crippen molar-refractivity contribution in [2.45, 2.75) is 52.6 Å². The Hall–Kier alpha value is -1.68. The van der Waals surface area contributed by atoms with E-state index in [1.165, 1.54) is 11.3 Å². The second-order valence-corrected chi connectivity index (χ2v) is 5.32. The van der Waals surface area contributed by atoms with Crippen LogP contribution in [0.3, 0.4) is 0 Å². The Labute approximate surface area is 121 Å². The van der Waals surface area contributed by atoms with Gasteiger partial charge in [0, 0.05) is 36.6 Å². The molecule has 108 valence electrons. The van der Waals surface area contributed by atoms with Gasteiger partial charge in [0.1, 0.15) is 0 Å². The van der Waals surface area contributed by atoms with Crippen molar-refractivity contribution in [2.24, 2.45) is 5.73 Å². The SMILES string of the molecule is CCC(N)Cc1c(C)nn(CCc2ccccn2)c1C. The molecule has 4 nitrogen and oxygen atoms in total. The normalized spacial score (nSPS) is 12.6. The second-order valence-electron chi connectivity index (χ2n) is 5.32. The van der Waals surface area contributed by atoms with E-state index in [9.17, 15) is 0 Å². The van der Waals surface area contributed by atoms with Gasteiger partial charge in [0.15, 0.2) is 0 Å². The predicted molar refractivity (Wildman–Crippen MR) is 81.6 cm³/mol. The molecule has 0 aliphatic rings. The molecule has 4 heteroatoms. The maximum Gasteiger partial charge on any atom is 0.0629 e. The molecule has 20 heavy (non-hydrogen) atoms. The van der Waals surface area contributed by atoms with Gasteiger partial charge in [0.25, 0.3) is 0 Å². The van der Waals surface area contributed by atoms with Crippen molar-refractivity contribution >= 4 is 0 Å². The van der Waals surface area contributed by atoms with E-state index in [1.54, 1.807) is 0 Å². The summed E-state index contributed by atoms with van der Waals surface area (Å²) in [5.41, 5.74) is 10.8. The van der Waals surface area contributed by atoms with Gasteiger partial charge in [-0.1, -0.05) is 13.0 Å². The molecule has 0 saturated heterocycles. The molecular formula is C16H24N4. The molecule has 0 radical (unpaired) electrons. The van der Waals surface area contributed by atoms with E-state index >= 15 is 0 Å². The number of hydrogen-bond acceptors (Lipinski definition) is 3. The lowest BCUT2D eigenvalue weighted by Gasteiger charge is -2.09. The number of pyridine rings is 1. The van der Waals surface area contributed by atoms with E-state index in [-0.39, 0.29) is 6.04 Å². The van der Waals surface area contributed by atoms with Crippen molar-refractivity contribution in [1.82, 2.24) is 14.8 Å². The lowest BCUT2D eigenvalue weighted by Crippen LogP contribution is -2.22. The quantitative estimate of drug-likeness (QED) is 0.878. The molecule has 0 bridgehead atoms. The van der Waals surface area contributed by atoms with Gasteiger partial charge in [0.05, 0.1) is 5.69 Å². The third-order valence-corrected chi connectivity index (χ3v) is 3.83. The van der Waals surface area contributed by atoms with Gasteiger partial charge in [-0.05, 0) is 44.4 Å². The molecule has 2 aromatic rings. The van der Waals surface area contributed by atoms with Gasteiger partial charge in [-0.25, -0.2) is 0 Å². The number of hydrogen-bond donors (Lipinski definition) is 1. The first-order valence-electron chi connectivity index (χ1n) is 7.30. The van der Waals surface area contributed by atoms with Crippen LogP contribution >= 0.6 is 0 Å². The third-order valence-electron chi connectivity index (χ3n) is 3.83. The van der Waals surface area contributed by atoms with Crippen LogP contribution in [0.4, 0.5) is 0 Å². The molecule has 0 aliphatic carbocycles. The van der Waals surface area contributed by atoms with Crippen LogP contribution in [0.1, 0.15) is 36.0 Å². The molecule has 0 aromatic carbocycles. The van der Waals surface area contributed by atoms with Crippen molar-refractivity contribution in [3.05, 3.63) is 47.0 Å². The Morgan fingerprint density at radius 1 is 1.30 bits per heavy atom. The Kier molecular flexibility index (Phi) is 4.90. The van der Waals surface area contributed by atoms with Crippen LogP contribution in [0, 0.1) is 13.8 Å². The summed E-state index contributed by atoms with van der Waals surface area (Å²) in [5.74, 6) is 0. The molecule has 2 aromatic heterocycles. The average Bonchev–Trinajstić information content (AvgIpc) is 2.73. The van der Waals surface area contributed by atoms with Gasteiger partial charge in [-0.2, -0.15) is 5.10 Å². The monoisotopic (exact) mass is 272 g/mol. The zero-order chi connectivity index (χ0) is 14.5. The lowest BCUT2D eigenvalue weighted by atomic mass is 10.0. The van der Waals surface area contributed by atoms with Crippen LogP contribution in [0.2, 0.25) is 0 Å². The molecule has 0 fully saturated rings. The van der Waals surface area contributed by atoms with Gasteiger partial charge in [0.2, 0.25) is 0 Å². The lowest BCUT2D eigenvalue weighted by molar-refractivity contribution is 0.586. The summed E-state index contributed by atoms with van der Waals surface area (Å²) in [7, 11) is 0. The van der Waals surface area contributed by atoms with Crippen molar-refractivity contribution in [3.63, 3.8) is 0 Å². The maximum absolute atomic E-state index is 6.07. The number of aryl methyl sites for hydroxylation is 3. The number of nitrogens with two attached hydrogens (primary N) is 1. The van der Waals surface area contributed by atoms with Gasteiger partial charge < -0.3 is 5.73 Å². The first kappa shape index (κ1) is 14.7. The largest absolute Gasteiger partial charge is 0.327 e. The van der Waals surface area contributed by atoms with E-state index in [1.807, 2.05) is 18.3 Å². The summed E-state index contributed by atoms with van der Waals surface area (Å²) in [4.78, 5) is 4.35. The van der Waals surface area contributed by atoms with Crippen LogP contribution in [0.15, 0.2) is 24.4 Å². The molecular weight excluding hydrogens is 248 g/mol. The summed E-state index contributed by atoms with van der Waals surface area (Å²) in [6.45, 7) is 7.20. The zero-order valence-corrected chi connectivity index (χ0v) is 12.6. The fourth-order valence-corrected chi connectivity index (χ4v) is 2.42. The fourth-order valence-electron chi connectivity index (χ4n) is 2.42. The molecule has 0 spiro atoms. The predicted octanol–water partition coefficient (Wildman–Crippen LogP) is 2.42. The molecule has 2 heterocycles. The minimum absolute atomic E-state index is 0.223. The second kappa shape index (κ2) is 6.66. The smallest absolute Gasteiger partial charge is 0.0629 e. The van der Waals surface area contributed by atoms with E-state index in [0.29, 0.717) is 0 Å². The highest BCUT2D eigenvalue weighted by atomic mass is 15.3. The zero-order valence-electron chi connectivity index (χ0n) is 12.6. The molecule has 1 atom stereocenters. The van der Waals surface area contributed by atoms with Gasteiger partial charge >= 0.3 is 0 Å². The standard InChI is InChI=1S/C16H24N4/c1-4-14(17)11-16-12(2)19-20(13(16)3)10-8-15-7-5-6-9-18-15/h5-7,9,14H,4,8,10-11,17H2,1-3H3. The molecule has 0 amide bonds. The Morgan fingerprint density at radius 2 is 2.10 bits per heavy atom. The van der Waals surface area contributed by atoms with Crippen LogP contribution < -0.4 is 5.73 Å². The molecule has 0 saturated carbocycles. The first-order valence-corrected chi connectivity index (χ1v) is 7.30. The number of aromatic nitrogens is 3. The van der Waals surface area contributed by atoms with Crippen molar-refractivity contribution in [3.8, 4) is 0 Å². The van der Waals surface area contributed by atoms with Gasteiger partial charge in [-0.3, -0.25) is 9.67 Å². The van der Waals surface area contributed by atoms with Crippen molar-refractivity contribution < 1.29 is 0 Å². The minimum atomic E-state index is 0.223. The number of nitrogens with zero attached hydrogens (tertiary/aromatic N) is 3. The summed E-state index contributed by atoms with van der Waals surface area (Å²) in [6.07, 6.45) is 4.65. The van der Waals surface area contributed by atoms with E-state index in [2.05, 4.69) is 41.6 Å². The average molecular weight is 272 g/mol. The molecule has 2 rings (SSSR count). The molecule has 0 aliphatic heterocycles. The first-order chi connectivity index (χ1) is 9.61. The molecule has 2 N–H and O–H groups in total. The van der Waals surface area contributed by atoms with E-state index < -0.39 is 0 Å². The maximum atomic E-state index is 6.07. The van der Waals surface area contributed by atoms with Crippen LogP contribution in [0.5, 0.6) is 0 Å². The van der Waals surface area contributed by atoms with E-state index in [4.69, 9.17) is 5.73 Å². The Balaban J connectivity index is 2.07. The van der Waals surface area contributed by atoms with E-state index in [0.717, 1.165) is 37.2 Å². The topological polar surface area (TPSA) is 56.7 Å². The summed E-state index contributed by atoms with van der Waals surface area (Å²) >= 11 is 0. The third kappa shape index (κ3) is 3.45. The van der Waals surface area contributed by atoms with Crippen molar-refractivity contribution in [2.75, 3.05) is 0 Å². The Morgan fingerprint density at radius 3 is 2.75 bits per heavy atom. The fraction of sp³-hybridized carbons (Fsp3) is 0.500. The van der Waals surface area contributed by atoms with Crippen LogP contribution in [-0.2, 0) is 19.4 Å². The number of rotatable bonds is 6. The highest BCUT2D eigenvalue weighted by molar-refractivity contribution is 5.25. The summed E-state index contributed by atoms with van der Waals surface area (Å²) < 4.78 is 2.09. The highest BCUT2D eigenvalue weighted by Gasteiger charge is 2.13. The van der Waals surface area contributed by atoms with Crippen LogP contribution in [0.25, 0.3) is 0 Å². The molecule has 1 unspecified atom stereocenters. The minimum Gasteiger partial charge on any atom is -0.327 e. The van der Waals surface area contributed by atoms with Gasteiger partial charge in [-0.15, -0.1) is 0 Å². The van der Waals surface area contributed by atoms with Crippen LogP contribution in [-0.4, -0.2) is 20.8 Å².